The summed E-state index contributed by atoms with van der Waals surface area (Å²) in [5.41, 5.74) is 0.150. The number of non-ortho nitro benzene ring substituents is 1. The molecule has 0 aliphatic heterocycles. The smallest absolute Gasteiger partial charge is 0.271 e. The van der Waals surface area contributed by atoms with Gasteiger partial charge in [0.05, 0.1) is 9.82 Å². The molecule has 0 fully saturated rings. The minimum absolute atomic E-state index is 0.147. The zero-order valence-electron chi connectivity index (χ0n) is 17.2. The normalized spacial score (nSPS) is 11.9. The Bertz CT molecular complexity index is 1260. The van der Waals surface area contributed by atoms with Crippen LogP contribution in [0, 0.1) is 10.1 Å². The number of rotatable bonds is 5. The molecule has 1 amide bonds. The van der Waals surface area contributed by atoms with Crippen molar-refractivity contribution in [2.45, 2.75) is 31.1 Å². The molecule has 1 N–H and O–H groups in total. The van der Waals surface area contributed by atoms with Gasteiger partial charge in [-0.2, -0.15) is 4.98 Å². The number of amides is 1. The first-order valence-electron chi connectivity index (χ1n) is 9.10. The molecule has 0 aliphatic carbocycles. The second kappa shape index (κ2) is 7.91. The lowest BCUT2D eigenvalue weighted by Crippen LogP contribution is -2.13. The molecule has 0 saturated heterocycles. The van der Waals surface area contributed by atoms with Crippen LogP contribution in [0.5, 0.6) is 0 Å². The molecule has 3 aromatic rings. The highest BCUT2D eigenvalue weighted by Gasteiger charge is 2.22. The second-order valence-electron chi connectivity index (χ2n) is 7.95. The van der Waals surface area contributed by atoms with Crippen LogP contribution in [-0.4, -0.2) is 35.6 Å². The minimum atomic E-state index is -3.74. The number of benzene rings is 2. The second-order valence-corrected chi connectivity index (χ2v) is 9.97. The van der Waals surface area contributed by atoms with Crippen molar-refractivity contribution in [2.24, 2.45) is 0 Å². The number of anilines is 1. The first kappa shape index (κ1) is 22.1. The molecule has 10 nitrogen and oxygen atoms in total. The predicted octanol–water partition coefficient (Wildman–Crippen LogP) is 3.60. The van der Waals surface area contributed by atoms with Gasteiger partial charge in [0.1, 0.15) is 0 Å². The Balaban J connectivity index is 1.83. The van der Waals surface area contributed by atoms with Crippen molar-refractivity contribution in [3.63, 3.8) is 0 Å². The van der Waals surface area contributed by atoms with Gasteiger partial charge < -0.3 is 9.84 Å². The van der Waals surface area contributed by atoms with Crippen molar-refractivity contribution < 1.29 is 22.7 Å². The molecule has 3 rings (SSSR count). The molecule has 1 heterocycles. The van der Waals surface area contributed by atoms with Crippen molar-refractivity contribution in [2.75, 3.05) is 11.6 Å². The summed E-state index contributed by atoms with van der Waals surface area (Å²) in [7, 11) is -3.74. The molecule has 0 atom stereocenters. The lowest BCUT2D eigenvalue weighted by Gasteiger charge is -2.10. The third kappa shape index (κ3) is 5.12. The van der Waals surface area contributed by atoms with Gasteiger partial charge in [0.2, 0.25) is 11.7 Å². The van der Waals surface area contributed by atoms with Crippen LogP contribution >= 0.6 is 0 Å². The van der Waals surface area contributed by atoms with Gasteiger partial charge in [0.15, 0.2) is 9.84 Å². The van der Waals surface area contributed by atoms with E-state index in [-0.39, 0.29) is 15.9 Å². The van der Waals surface area contributed by atoms with Gasteiger partial charge in [-0.25, -0.2) is 8.42 Å². The zero-order valence-corrected chi connectivity index (χ0v) is 18.1. The number of aromatic nitrogens is 2. The van der Waals surface area contributed by atoms with E-state index in [4.69, 9.17) is 4.52 Å². The van der Waals surface area contributed by atoms with E-state index in [1.165, 1.54) is 0 Å². The minimum Gasteiger partial charge on any atom is -0.338 e. The number of hydrogen-bond acceptors (Lipinski definition) is 8. The van der Waals surface area contributed by atoms with Gasteiger partial charge in [0.25, 0.3) is 11.6 Å². The van der Waals surface area contributed by atoms with E-state index in [9.17, 15) is 23.3 Å². The zero-order chi connectivity index (χ0) is 23.0. The quantitative estimate of drug-likeness (QED) is 0.464. The Morgan fingerprint density at radius 2 is 1.77 bits per heavy atom. The van der Waals surface area contributed by atoms with Gasteiger partial charge in [-0.05, 0) is 30.3 Å². The van der Waals surface area contributed by atoms with Crippen molar-refractivity contribution >= 4 is 27.1 Å². The number of carbonyl (C=O) groups is 1. The number of nitrogens with one attached hydrogen (secondary N) is 1. The van der Waals surface area contributed by atoms with E-state index in [2.05, 4.69) is 15.5 Å². The fourth-order valence-electron chi connectivity index (χ4n) is 2.59. The van der Waals surface area contributed by atoms with Crippen molar-refractivity contribution in [3.8, 4) is 11.4 Å². The summed E-state index contributed by atoms with van der Waals surface area (Å²) in [5.74, 6) is 0.211. The summed E-state index contributed by atoms with van der Waals surface area (Å²) in [4.78, 5) is 27.0. The molecule has 0 bridgehead atoms. The van der Waals surface area contributed by atoms with Gasteiger partial charge >= 0.3 is 0 Å². The number of sulfone groups is 1. The average Bonchev–Trinajstić information content (AvgIpc) is 3.18. The predicted molar refractivity (Wildman–Crippen MR) is 113 cm³/mol. The molecule has 1 aromatic heterocycles. The van der Waals surface area contributed by atoms with Gasteiger partial charge in [-0.15, -0.1) is 0 Å². The molecular weight excluding hydrogens is 424 g/mol. The van der Waals surface area contributed by atoms with Crippen LogP contribution in [-0.2, 0) is 15.3 Å². The fraction of sp³-hybridized carbons (Fsp3) is 0.250. The highest BCUT2D eigenvalue weighted by atomic mass is 32.2. The first-order chi connectivity index (χ1) is 14.3. The summed E-state index contributed by atoms with van der Waals surface area (Å²) in [6.07, 6.45) is 0.912. The van der Waals surface area contributed by atoms with E-state index >= 15 is 0 Å². The molecule has 0 spiro atoms. The highest BCUT2D eigenvalue weighted by molar-refractivity contribution is 7.90. The topological polar surface area (TPSA) is 145 Å². The average molecular weight is 444 g/mol. The van der Waals surface area contributed by atoms with Crippen LogP contribution in [0.1, 0.15) is 37.0 Å². The van der Waals surface area contributed by atoms with E-state index in [0.29, 0.717) is 23.0 Å². The standard InChI is InChI=1S/C20H20N4O6S/c1-20(2,3)19-22-17(23-30-19)12-5-7-14(8-6-12)21-18(25)13-9-15(24(26)27)11-16(10-13)31(4,28)29/h5-11H,1-4H3,(H,21,25). The van der Waals surface area contributed by atoms with E-state index < -0.39 is 26.4 Å². The Morgan fingerprint density at radius 3 is 2.29 bits per heavy atom. The Hall–Kier alpha value is -3.60. The fourth-order valence-corrected chi connectivity index (χ4v) is 3.26. The number of nitrogens with zero attached hydrogens (tertiary/aromatic N) is 3. The molecule has 11 heteroatoms. The van der Waals surface area contributed by atoms with Crippen LogP contribution in [0.25, 0.3) is 11.4 Å². The molecule has 162 valence electrons. The SMILES string of the molecule is CC(C)(C)c1nc(-c2ccc(NC(=O)c3cc([N+](=O)[O-])cc(S(C)(=O)=O)c3)cc2)no1. The number of hydrogen-bond donors (Lipinski definition) is 1. The van der Waals surface area contributed by atoms with Crippen LogP contribution < -0.4 is 5.32 Å². The first-order valence-corrected chi connectivity index (χ1v) is 11.0. The van der Waals surface area contributed by atoms with Crippen LogP contribution in [0.15, 0.2) is 51.9 Å². The van der Waals surface area contributed by atoms with E-state index in [1.54, 1.807) is 24.3 Å². The van der Waals surface area contributed by atoms with Crippen LogP contribution in [0.4, 0.5) is 11.4 Å². The summed E-state index contributed by atoms with van der Waals surface area (Å²) >= 11 is 0. The molecule has 0 aliphatic rings. The third-order valence-electron chi connectivity index (χ3n) is 4.26. The number of nitro benzene ring substituents is 1. The Kier molecular flexibility index (Phi) is 5.64. The summed E-state index contributed by atoms with van der Waals surface area (Å²) in [6.45, 7) is 5.85. The maximum absolute atomic E-state index is 12.6. The summed E-state index contributed by atoms with van der Waals surface area (Å²) < 4.78 is 28.9. The lowest BCUT2D eigenvalue weighted by atomic mass is 9.97. The number of nitro groups is 1. The van der Waals surface area contributed by atoms with Gasteiger partial charge in [-0.3, -0.25) is 14.9 Å². The van der Waals surface area contributed by atoms with E-state index in [0.717, 1.165) is 24.5 Å². The molecule has 0 radical (unpaired) electrons. The largest absolute Gasteiger partial charge is 0.338 e. The molecule has 0 unspecified atom stereocenters. The molecule has 31 heavy (non-hydrogen) atoms. The monoisotopic (exact) mass is 444 g/mol. The van der Waals surface area contributed by atoms with Crippen molar-refractivity contribution in [3.05, 3.63) is 64.0 Å². The van der Waals surface area contributed by atoms with E-state index in [1.807, 2.05) is 20.8 Å². The maximum atomic E-state index is 12.6. The molecule has 0 saturated carbocycles. The van der Waals surface area contributed by atoms with Gasteiger partial charge in [0, 0.05) is 40.6 Å². The summed E-state index contributed by atoms with van der Waals surface area (Å²) in [6, 6.07) is 9.61. The van der Waals surface area contributed by atoms with Crippen LogP contribution in [0.3, 0.4) is 0 Å². The number of carbonyl (C=O) groups excluding carboxylic acids is 1. The van der Waals surface area contributed by atoms with Crippen LogP contribution in [0.2, 0.25) is 0 Å². The molecular formula is C20H20N4O6S. The molecule has 2 aromatic carbocycles. The maximum Gasteiger partial charge on any atom is 0.271 e. The lowest BCUT2D eigenvalue weighted by molar-refractivity contribution is -0.385. The highest BCUT2D eigenvalue weighted by Crippen LogP contribution is 2.25. The van der Waals surface area contributed by atoms with Crippen molar-refractivity contribution in [1.82, 2.24) is 10.1 Å². The third-order valence-corrected chi connectivity index (χ3v) is 5.35. The Morgan fingerprint density at radius 1 is 1.13 bits per heavy atom. The van der Waals surface area contributed by atoms with Crippen molar-refractivity contribution in [1.29, 1.82) is 0 Å². The van der Waals surface area contributed by atoms with Gasteiger partial charge in [-0.1, -0.05) is 25.9 Å². The Labute approximate surface area is 178 Å². The summed E-state index contributed by atoms with van der Waals surface area (Å²) in [5, 5.41) is 17.7.